The van der Waals surface area contributed by atoms with Crippen LogP contribution in [-0.4, -0.2) is 22.6 Å². The second-order valence-corrected chi connectivity index (χ2v) is 7.02. The summed E-state index contributed by atoms with van der Waals surface area (Å²) in [5.74, 6) is 2.35. The average Bonchev–Trinajstić information content (AvgIpc) is 3.17. The van der Waals surface area contributed by atoms with Gasteiger partial charge < -0.3 is 15.2 Å². The van der Waals surface area contributed by atoms with E-state index in [2.05, 4.69) is 52.0 Å². The topological polar surface area (TPSA) is 75.3 Å². The van der Waals surface area contributed by atoms with E-state index in [1.165, 1.54) is 11.1 Å². The highest BCUT2D eigenvalue weighted by atomic mass is 127. The summed E-state index contributed by atoms with van der Waals surface area (Å²) >= 11 is 0. The molecule has 0 saturated heterocycles. The molecule has 0 spiro atoms. The highest BCUT2D eigenvalue weighted by molar-refractivity contribution is 14.0. The lowest BCUT2D eigenvalue weighted by Gasteiger charge is -2.12. The lowest BCUT2D eigenvalue weighted by molar-refractivity contribution is 0.371. The number of benzene rings is 2. The Hall–Kier alpha value is -2.42. The Balaban J connectivity index is 0.00000300. The average molecular weight is 505 g/mol. The first-order valence-corrected chi connectivity index (χ1v) is 9.58. The van der Waals surface area contributed by atoms with Gasteiger partial charge in [-0.15, -0.1) is 24.0 Å². The van der Waals surface area contributed by atoms with Gasteiger partial charge in [0.25, 0.3) is 0 Å². The van der Waals surface area contributed by atoms with Gasteiger partial charge in [0.1, 0.15) is 0 Å². The van der Waals surface area contributed by atoms with Gasteiger partial charge in [-0.25, -0.2) is 4.99 Å². The van der Waals surface area contributed by atoms with Crippen molar-refractivity contribution in [1.29, 1.82) is 0 Å². The van der Waals surface area contributed by atoms with E-state index < -0.39 is 0 Å². The van der Waals surface area contributed by atoms with Crippen LogP contribution in [0.4, 0.5) is 5.69 Å². The number of nitrogens with one attached hydrogen (secondary N) is 2. The molecule has 6 nitrogen and oxygen atoms in total. The number of para-hydroxylation sites is 1. The van der Waals surface area contributed by atoms with E-state index in [0.717, 1.165) is 17.5 Å². The Kier molecular flexibility index (Phi) is 9.11. The third kappa shape index (κ3) is 7.49. The number of halogens is 1. The minimum atomic E-state index is 0. The molecular weight excluding hydrogens is 477 g/mol. The molecule has 0 radical (unpaired) electrons. The summed E-state index contributed by atoms with van der Waals surface area (Å²) in [6.07, 6.45) is 0.639. The van der Waals surface area contributed by atoms with Gasteiger partial charge in [-0.05, 0) is 24.6 Å². The Morgan fingerprint density at radius 2 is 1.79 bits per heavy atom. The van der Waals surface area contributed by atoms with Crippen molar-refractivity contribution in [3.8, 4) is 0 Å². The largest absolute Gasteiger partial charge is 0.356 e. The zero-order valence-electron chi connectivity index (χ0n) is 17.1. The predicted molar refractivity (Wildman–Crippen MR) is 128 cm³/mol. The fourth-order valence-electron chi connectivity index (χ4n) is 2.55. The smallest absolute Gasteiger partial charge is 0.228 e. The van der Waals surface area contributed by atoms with Crippen LogP contribution in [0.2, 0.25) is 0 Å². The van der Waals surface area contributed by atoms with Gasteiger partial charge in [-0.3, -0.25) is 0 Å². The molecule has 0 saturated carbocycles. The molecule has 1 aromatic heterocycles. The van der Waals surface area contributed by atoms with E-state index in [9.17, 15) is 0 Å². The first-order chi connectivity index (χ1) is 13.6. The normalized spacial score (nSPS) is 11.2. The van der Waals surface area contributed by atoms with E-state index in [1.54, 1.807) is 0 Å². The fourth-order valence-corrected chi connectivity index (χ4v) is 2.55. The first kappa shape index (κ1) is 22.9. The molecule has 0 aliphatic heterocycles. The summed E-state index contributed by atoms with van der Waals surface area (Å²) in [5.41, 5.74) is 3.39. The van der Waals surface area contributed by atoms with Gasteiger partial charge in [0, 0.05) is 24.6 Å². The molecule has 0 fully saturated rings. The van der Waals surface area contributed by atoms with Gasteiger partial charge in [-0.1, -0.05) is 67.0 Å². The van der Waals surface area contributed by atoms with Gasteiger partial charge in [0.2, 0.25) is 5.89 Å². The lowest BCUT2D eigenvalue weighted by Crippen LogP contribution is -2.32. The molecule has 0 bridgehead atoms. The summed E-state index contributed by atoms with van der Waals surface area (Å²) in [5, 5.41) is 10.7. The summed E-state index contributed by atoms with van der Waals surface area (Å²) < 4.78 is 5.31. The van der Waals surface area contributed by atoms with Crippen molar-refractivity contribution in [2.24, 2.45) is 4.99 Å². The molecular formula is C22H28IN5O. The number of anilines is 1. The maximum absolute atomic E-state index is 5.31. The number of aliphatic imine (C=N–C) groups is 1. The SMILES string of the molecule is Cc1ccc(CN=C(NCCc2nc(C(C)C)no2)Nc2ccccc2)cc1.I. The second-order valence-electron chi connectivity index (χ2n) is 7.02. The van der Waals surface area contributed by atoms with E-state index >= 15 is 0 Å². The van der Waals surface area contributed by atoms with E-state index in [1.807, 2.05) is 44.2 Å². The molecule has 2 aromatic carbocycles. The van der Waals surface area contributed by atoms with Crippen LogP contribution >= 0.6 is 24.0 Å². The van der Waals surface area contributed by atoms with Gasteiger partial charge in [0.15, 0.2) is 11.8 Å². The molecule has 0 aliphatic carbocycles. The molecule has 0 atom stereocenters. The van der Waals surface area contributed by atoms with Crippen molar-refractivity contribution in [2.75, 3.05) is 11.9 Å². The van der Waals surface area contributed by atoms with Crippen molar-refractivity contribution in [1.82, 2.24) is 15.5 Å². The van der Waals surface area contributed by atoms with Gasteiger partial charge in [0.05, 0.1) is 6.54 Å². The maximum Gasteiger partial charge on any atom is 0.228 e. The van der Waals surface area contributed by atoms with Crippen LogP contribution in [0.15, 0.2) is 64.1 Å². The van der Waals surface area contributed by atoms with Crippen molar-refractivity contribution < 1.29 is 4.52 Å². The number of aromatic nitrogens is 2. The summed E-state index contributed by atoms with van der Waals surface area (Å²) in [4.78, 5) is 9.13. The van der Waals surface area contributed by atoms with E-state index in [-0.39, 0.29) is 29.9 Å². The maximum atomic E-state index is 5.31. The third-order valence-corrected chi connectivity index (χ3v) is 4.21. The third-order valence-electron chi connectivity index (χ3n) is 4.21. The highest BCUT2D eigenvalue weighted by Gasteiger charge is 2.09. The fraction of sp³-hybridized carbons (Fsp3) is 0.318. The molecule has 3 rings (SSSR count). The molecule has 2 N–H and O–H groups in total. The molecule has 0 unspecified atom stereocenters. The van der Waals surface area contributed by atoms with Crippen molar-refractivity contribution >= 4 is 35.6 Å². The van der Waals surface area contributed by atoms with Crippen molar-refractivity contribution in [2.45, 2.75) is 39.7 Å². The molecule has 1 heterocycles. The Morgan fingerprint density at radius 3 is 2.45 bits per heavy atom. The number of guanidine groups is 1. The van der Waals surface area contributed by atoms with Crippen molar-refractivity contribution in [3.63, 3.8) is 0 Å². The minimum absolute atomic E-state index is 0. The number of rotatable bonds is 7. The Labute approximate surface area is 189 Å². The minimum Gasteiger partial charge on any atom is -0.356 e. The number of nitrogens with zero attached hydrogens (tertiary/aromatic N) is 3. The van der Waals surface area contributed by atoms with Crippen LogP contribution in [0, 0.1) is 6.92 Å². The Bertz CT molecular complexity index is 891. The summed E-state index contributed by atoms with van der Waals surface area (Å²) in [6, 6.07) is 18.4. The standard InChI is InChI=1S/C22H27N5O.HI/c1-16(2)21-26-20(28-27-21)13-14-23-22(25-19-7-5-4-6-8-19)24-15-18-11-9-17(3)10-12-18;/h4-12,16H,13-15H2,1-3H3,(H2,23,24,25);1H. The van der Waals surface area contributed by atoms with E-state index in [0.29, 0.717) is 25.4 Å². The number of hydrogen-bond acceptors (Lipinski definition) is 4. The van der Waals surface area contributed by atoms with Gasteiger partial charge >= 0.3 is 0 Å². The van der Waals surface area contributed by atoms with Crippen LogP contribution in [0.3, 0.4) is 0 Å². The van der Waals surface area contributed by atoms with Gasteiger partial charge in [-0.2, -0.15) is 4.98 Å². The highest BCUT2D eigenvalue weighted by Crippen LogP contribution is 2.10. The van der Waals surface area contributed by atoms with Crippen molar-refractivity contribution in [3.05, 3.63) is 77.4 Å². The molecule has 3 aromatic rings. The quantitative estimate of drug-likeness (QED) is 0.271. The molecule has 0 aliphatic rings. The van der Waals surface area contributed by atoms with Crippen LogP contribution in [0.1, 0.15) is 42.6 Å². The van der Waals surface area contributed by atoms with Crippen LogP contribution in [0.25, 0.3) is 0 Å². The first-order valence-electron chi connectivity index (χ1n) is 9.58. The predicted octanol–water partition coefficient (Wildman–Crippen LogP) is 4.92. The summed E-state index contributed by atoms with van der Waals surface area (Å²) in [6.45, 7) is 7.42. The summed E-state index contributed by atoms with van der Waals surface area (Å²) in [7, 11) is 0. The monoisotopic (exact) mass is 505 g/mol. The molecule has 154 valence electrons. The van der Waals surface area contributed by atoms with E-state index in [4.69, 9.17) is 9.52 Å². The van der Waals surface area contributed by atoms with Crippen LogP contribution in [0.5, 0.6) is 0 Å². The molecule has 29 heavy (non-hydrogen) atoms. The number of aryl methyl sites for hydroxylation is 1. The molecule has 0 amide bonds. The zero-order chi connectivity index (χ0) is 19.8. The number of hydrogen-bond donors (Lipinski definition) is 2. The van der Waals surface area contributed by atoms with Crippen LogP contribution < -0.4 is 10.6 Å². The molecule has 7 heteroatoms. The Morgan fingerprint density at radius 1 is 1.07 bits per heavy atom. The van der Waals surface area contributed by atoms with Crippen LogP contribution in [-0.2, 0) is 13.0 Å². The second kappa shape index (κ2) is 11.5. The lowest BCUT2D eigenvalue weighted by atomic mass is 10.1. The zero-order valence-corrected chi connectivity index (χ0v) is 19.4.